The fourth-order valence-corrected chi connectivity index (χ4v) is 1.41. The first-order valence-electron chi connectivity index (χ1n) is 5.37. The molecule has 0 spiro atoms. The van der Waals surface area contributed by atoms with Gasteiger partial charge in [0.05, 0.1) is 17.4 Å². The predicted octanol–water partition coefficient (Wildman–Crippen LogP) is 3.87. The van der Waals surface area contributed by atoms with Crippen molar-refractivity contribution in [1.82, 2.24) is 4.98 Å². The summed E-state index contributed by atoms with van der Waals surface area (Å²) in [4.78, 5) is 3.41. The lowest BCUT2D eigenvalue weighted by Gasteiger charge is -2.12. The van der Waals surface area contributed by atoms with Crippen LogP contribution in [0.5, 0.6) is 0 Å². The van der Waals surface area contributed by atoms with Gasteiger partial charge in [-0.25, -0.2) is 0 Å². The molecule has 1 atom stereocenters. The number of aromatic nitrogens is 1. The van der Waals surface area contributed by atoms with E-state index in [0.29, 0.717) is 6.20 Å². The molecule has 1 aromatic rings. The molecule has 1 unspecified atom stereocenters. The molecule has 0 aliphatic heterocycles. The zero-order valence-corrected chi connectivity index (χ0v) is 9.59. The van der Waals surface area contributed by atoms with Crippen molar-refractivity contribution in [3.8, 4) is 0 Å². The van der Waals surface area contributed by atoms with Gasteiger partial charge in [0.1, 0.15) is 0 Å². The van der Waals surface area contributed by atoms with E-state index in [4.69, 9.17) is 0 Å². The molecule has 8 heteroatoms. The second-order valence-corrected chi connectivity index (χ2v) is 3.99. The summed E-state index contributed by atoms with van der Waals surface area (Å²) in [6, 6.07) is 1.69. The van der Waals surface area contributed by atoms with Gasteiger partial charge in [-0.15, -0.1) is 0 Å². The van der Waals surface area contributed by atoms with Crippen molar-refractivity contribution in [1.29, 1.82) is 0 Å². The Labute approximate surface area is 105 Å². The van der Waals surface area contributed by atoms with Gasteiger partial charge in [0.2, 0.25) is 0 Å². The molecule has 0 aromatic carbocycles. The molecule has 0 fully saturated rings. The van der Waals surface area contributed by atoms with E-state index in [-0.39, 0.29) is 18.5 Å². The summed E-state index contributed by atoms with van der Waals surface area (Å²) < 4.78 is 72.3. The highest BCUT2D eigenvalue weighted by molar-refractivity contribution is 5.18. The van der Waals surface area contributed by atoms with E-state index < -0.39 is 30.4 Å². The second-order valence-electron chi connectivity index (χ2n) is 3.99. The maximum Gasteiger partial charge on any atom is 0.417 e. The molecule has 0 bridgehead atoms. The largest absolute Gasteiger partial charge is 0.417 e. The molecule has 2 nitrogen and oxygen atoms in total. The molecule has 0 aliphatic carbocycles. The van der Waals surface area contributed by atoms with Crippen molar-refractivity contribution >= 4 is 0 Å². The molecule has 0 amide bonds. The quantitative estimate of drug-likeness (QED) is 0.853. The maximum atomic E-state index is 12.2. The first-order valence-corrected chi connectivity index (χ1v) is 5.37. The van der Waals surface area contributed by atoms with Crippen LogP contribution >= 0.6 is 0 Å². The topological polar surface area (TPSA) is 33.1 Å². The molecule has 0 saturated heterocycles. The van der Waals surface area contributed by atoms with Crippen molar-refractivity contribution in [3.05, 3.63) is 29.6 Å². The van der Waals surface area contributed by atoms with E-state index in [0.717, 1.165) is 12.1 Å². The molecule has 0 aliphatic rings. The highest BCUT2D eigenvalue weighted by Gasteiger charge is 2.31. The minimum absolute atomic E-state index is 0.0739. The van der Waals surface area contributed by atoms with Crippen LogP contribution in [-0.4, -0.2) is 16.3 Å². The lowest BCUT2D eigenvalue weighted by molar-refractivity contribution is -0.138. The molecule has 1 heterocycles. The Kier molecular flexibility index (Phi) is 4.78. The average Bonchev–Trinajstić information content (AvgIpc) is 2.26. The van der Waals surface area contributed by atoms with Gasteiger partial charge in [-0.05, 0) is 25.0 Å². The number of aliphatic hydroxyl groups is 1. The van der Waals surface area contributed by atoms with Crippen molar-refractivity contribution in [2.45, 2.75) is 37.7 Å². The monoisotopic (exact) mass is 287 g/mol. The Hall–Kier alpha value is -1.31. The number of halogens is 6. The van der Waals surface area contributed by atoms with E-state index >= 15 is 0 Å². The normalized spacial score (nSPS) is 14.5. The van der Waals surface area contributed by atoms with Crippen LogP contribution < -0.4 is 0 Å². The summed E-state index contributed by atoms with van der Waals surface area (Å²) >= 11 is 0. The lowest BCUT2D eigenvalue weighted by Crippen LogP contribution is -2.09. The van der Waals surface area contributed by atoms with Gasteiger partial charge in [0, 0.05) is 12.6 Å². The number of alkyl halides is 6. The van der Waals surface area contributed by atoms with E-state index in [1.807, 2.05) is 0 Å². The third-order valence-electron chi connectivity index (χ3n) is 2.39. The molecular weight excluding hydrogens is 276 g/mol. The van der Waals surface area contributed by atoms with Crippen LogP contribution in [0.25, 0.3) is 0 Å². The van der Waals surface area contributed by atoms with Crippen molar-refractivity contribution in [2.75, 3.05) is 0 Å². The van der Waals surface area contributed by atoms with Crippen LogP contribution in [0, 0.1) is 0 Å². The number of rotatable bonds is 4. The second kappa shape index (κ2) is 5.77. The van der Waals surface area contributed by atoms with Crippen LogP contribution in [0.4, 0.5) is 26.3 Å². The SMILES string of the molecule is OC(CCCC(F)(F)F)c1ccc(C(F)(F)F)cn1. The maximum absolute atomic E-state index is 12.2. The summed E-state index contributed by atoms with van der Waals surface area (Å²) in [5.41, 5.74) is -1.05. The van der Waals surface area contributed by atoms with Gasteiger partial charge in [-0.3, -0.25) is 4.98 Å². The third-order valence-corrected chi connectivity index (χ3v) is 2.39. The highest BCUT2D eigenvalue weighted by Crippen LogP contribution is 2.30. The number of aliphatic hydroxyl groups excluding tert-OH is 1. The molecule has 1 N–H and O–H groups in total. The summed E-state index contributed by atoms with van der Waals surface area (Å²) in [5, 5.41) is 9.50. The molecule has 19 heavy (non-hydrogen) atoms. The zero-order valence-electron chi connectivity index (χ0n) is 9.59. The van der Waals surface area contributed by atoms with Crippen LogP contribution in [0.1, 0.15) is 36.6 Å². The molecule has 0 radical (unpaired) electrons. The van der Waals surface area contributed by atoms with Crippen molar-refractivity contribution < 1.29 is 31.4 Å². The van der Waals surface area contributed by atoms with Gasteiger partial charge < -0.3 is 5.11 Å². The predicted molar refractivity (Wildman–Crippen MR) is 54.1 cm³/mol. The summed E-state index contributed by atoms with van der Waals surface area (Å²) in [5.74, 6) is 0. The van der Waals surface area contributed by atoms with E-state index in [1.165, 1.54) is 0 Å². The molecule has 108 valence electrons. The minimum Gasteiger partial charge on any atom is -0.387 e. The zero-order chi connectivity index (χ0) is 14.7. The van der Waals surface area contributed by atoms with E-state index in [9.17, 15) is 31.4 Å². The molecular formula is C11H11F6NO. The number of hydrogen-bond donors (Lipinski definition) is 1. The Balaban J connectivity index is 2.56. The molecule has 1 aromatic heterocycles. The molecule has 0 saturated carbocycles. The van der Waals surface area contributed by atoms with E-state index in [2.05, 4.69) is 4.98 Å². The van der Waals surface area contributed by atoms with Gasteiger partial charge in [-0.2, -0.15) is 26.3 Å². The summed E-state index contributed by atoms with van der Waals surface area (Å²) in [6.07, 6.45) is -11.2. The minimum atomic E-state index is -4.53. The number of pyridine rings is 1. The van der Waals surface area contributed by atoms with Gasteiger partial charge >= 0.3 is 12.4 Å². The van der Waals surface area contributed by atoms with Gasteiger partial charge in [-0.1, -0.05) is 0 Å². The van der Waals surface area contributed by atoms with Crippen LogP contribution in [0.2, 0.25) is 0 Å². The Bertz CT molecular complexity index is 397. The van der Waals surface area contributed by atoms with Crippen molar-refractivity contribution in [3.63, 3.8) is 0 Å². The Morgan fingerprint density at radius 2 is 1.74 bits per heavy atom. The fraction of sp³-hybridized carbons (Fsp3) is 0.545. The fourth-order valence-electron chi connectivity index (χ4n) is 1.41. The molecule has 1 rings (SSSR count). The van der Waals surface area contributed by atoms with Crippen LogP contribution in [0.3, 0.4) is 0 Å². The standard InChI is InChI=1S/C11H11F6NO/c12-10(13,14)5-1-2-9(19)8-4-3-7(6-18-8)11(15,16)17/h3-4,6,9,19H,1-2,5H2. The smallest absolute Gasteiger partial charge is 0.387 e. The summed E-state index contributed by atoms with van der Waals surface area (Å²) in [7, 11) is 0. The first kappa shape index (κ1) is 15.7. The lowest BCUT2D eigenvalue weighted by atomic mass is 10.1. The first-order chi connectivity index (χ1) is 8.59. The average molecular weight is 287 g/mol. The van der Waals surface area contributed by atoms with Gasteiger partial charge in [0.25, 0.3) is 0 Å². The summed E-state index contributed by atoms with van der Waals surface area (Å²) in [6.45, 7) is 0. The van der Waals surface area contributed by atoms with Gasteiger partial charge in [0.15, 0.2) is 0 Å². The van der Waals surface area contributed by atoms with E-state index in [1.54, 1.807) is 0 Å². The van der Waals surface area contributed by atoms with Crippen LogP contribution in [-0.2, 0) is 6.18 Å². The Morgan fingerprint density at radius 1 is 1.11 bits per heavy atom. The third kappa shape index (κ3) is 5.46. The number of nitrogens with zero attached hydrogens (tertiary/aromatic N) is 1. The number of hydrogen-bond acceptors (Lipinski definition) is 2. The Morgan fingerprint density at radius 3 is 2.16 bits per heavy atom. The van der Waals surface area contributed by atoms with Crippen LogP contribution in [0.15, 0.2) is 18.3 Å². The highest BCUT2D eigenvalue weighted by atomic mass is 19.4. The van der Waals surface area contributed by atoms with Crippen molar-refractivity contribution in [2.24, 2.45) is 0 Å².